The van der Waals surface area contributed by atoms with Gasteiger partial charge in [-0.2, -0.15) is 0 Å². The Kier molecular flexibility index (Phi) is 8.10. The van der Waals surface area contributed by atoms with E-state index in [0.29, 0.717) is 48.0 Å². The van der Waals surface area contributed by atoms with Crippen LogP contribution in [0.1, 0.15) is 24.0 Å². The molecule has 6 N–H and O–H groups in total. The first-order valence-electron chi connectivity index (χ1n) is 13.1. The van der Waals surface area contributed by atoms with E-state index in [1.807, 2.05) is 0 Å². The summed E-state index contributed by atoms with van der Waals surface area (Å²) < 4.78 is 16.1. The average molecular weight is 550 g/mol. The molecule has 12 nitrogen and oxygen atoms in total. The molecule has 2 bridgehead atoms. The van der Waals surface area contributed by atoms with Crippen molar-refractivity contribution in [2.24, 2.45) is 11.5 Å². The molecule has 2 unspecified atom stereocenters. The van der Waals surface area contributed by atoms with Crippen molar-refractivity contribution in [3.05, 3.63) is 53.6 Å². The first-order valence-corrected chi connectivity index (χ1v) is 13.1. The van der Waals surface area contributed by atoms with E-state index in [4.69, 9.17) is 35.6 Å². The monoisotopic (exact) mass is 549 g/mol. The Hall–Kier alpha value is -4.26. The molecule has 2 atom stereocenters. The van der Waals surface area contributed by atoms with Gasteiger partial charge in [0.05, 0.1) is 17.9 Å². The highest BCUT2D eigenvalue weighted by atomic mass is 16.6. The average Bonchev–Trinajstić information content (AvgIpc) is 3.27. The van der Waals surface area contributed by atoms with Gasteiger partial charge in [0.25, 0.3) is 0 Å². The standard InChI is InChI=1S/C28H31N5O7/c29-27(36)39-19-4-1-16(2-5-19)24-22(10-12-35)26(33-14-20-6-7-21(15-33)38-20)32-25(31-24)18-3-8-23(40-28(30)37)17(13-18)9-11-34/h1-5,8,13,20-21,34-35H,6-7,9-12,14-15H2,(H2,29,36)(H2,30,37). The van der Waals surface area contributed by atoms with E-state index in [2.05, 4.69) is 4.90 Å². The van der Waals surface area contributed by atoms with Crippen LogP contribution in [0.15, 0.2) is 42.5 Å². The number of amides is 2. The minimum Gasteiger partial charge on any atom is -0.411 e. The number of benzene rings is 2. The minimum absolute atomic E-state index is 0.106. The molecule has 0 saturated carbocycles. The Morgan fingerprint density at radius 1 is 0.900 bits per heavy atom. The van der Waals surface area contributed by atoms with Crippen LogP contribution in [-0.4, -0.2) is 70.9 Å². The van der Waals surface area contributed by atoms with E-state index in [9.17, 15) is 19.8 Å². The molecular formula is C28H31N5O7. The predicted octanol–water partition coefficient (Wildman–Crippen LogP) is 2.16. The third kappa shape index (κ3) is 5.98. The maximum Gasteiger partial charge on any atom is 0.409 e. The number of primary amides is 2. The molecule has 2 amide bonds. The Balaban J connectivity index is 1.65. The molecule has 3 aromatic rings. The molecule has 5 rings (SSSR count). The van der Waals surface area contributed by atoms with E-state index in [-0.39, 0.29) is 43.3 Å². The normalized spacial score (nSPS) is 18.0. The molecule has 40 heavy (non-hydrogen) atoms. The van der Waals surface area contributed by atoms with Gasteiger partial charge < -0.3 is 40.8 Å². The lowest BCUT2D eigenvalue weighted by atomic mass is 10.0. The molecule has 2 aliphatic rings. The van der Waals surface area contributed by atoms with Crippen molar-refractivity contribution in [3.8, 4) is 34.1 Å². The summed E-state index contributed by atoms with van der Waals surface area (Å²) in [5.41, 5.74) is 13.7. The summed E-state index contributed by atoms with van der Waals surface area (Å²) in [4.78, 5) is 34.7. The van der Waals surface area contributed by atoms with Crippen LogP contribution < -0.4 is 25.8 Å². The summed E-state index contributed by atoms with van der Waals surface area (Å²) in [5.74, 6) is 1.65. The van der Waals surface area contributed by atoms with E-state index < -0.39 is 12.2 Å². The lowest BCUT2D eigenvalue weighted by molar-refractivity contribution is 0.0301. The van der Waals surface area contributed by atoms with Gasteiger partial charge in [0.1, 0.15) is 17.3 Å². The molecule has 2 fully saturated rings. The van der Waals surface area contributed by atoms with Gasteiger partial charge in [0, 0.05) is 49.4 Å². The number of aliphatic hydroxyl groups excluding tert-OH is 2. The predicted molar refractivity (Wildman–Crippen MR) is 145 cm³/mol. The number of carbonyl (C=O) groups is 2. The molecule has 2 aliphatic heterocycles. The first kappa shape index (κ1) is 27.3. The SMILES string of the molecule is NC(=O)Oc1ccc(-c2nc(-c3ccc(OC(N)=O)c(CCO)c3)nc(N3CC4CCC(C3)O4)c2CCO)cc1. The molecular weight excluding hydrogens is 518 g/mol. The van der Waals surface area contributed by atoms with Gasteiger partial charge in [-0.3, -0.25) is 0 Å². The van der Waals surface area contributed by atoms with Crippen LogP contribution in [0, 0.1) is 0 Å². The fourth-order valence-corrected chi connectivity index (χ4v) is 5.27. The largest absolute Gasteiger partial charge is 0.411 e. The summed E-state index contributed by atoms with van der Waals surface area (Å²) >= 11 is 0. The Bertz CT molecular complexity index is 1390. The summed E-state index contributed by atoms with van der Waals surface area (Å²) in [6.07, 6.45) is 0.855. The lowest BCUT2D eigenvalue weighted by Crippen LogP contribution is -2.43. The van der Waals surface area contributed by atoms with Crippen LogP contribution in [0.5, 0.6) is 11.5 Å². The number of fused-ring (bicyclic) bond motifs is 2. The number of aromatic nitrogens is 2. The van der Waals surface area contributed by atoms with Crippen LogP contribution in [-0.2, 0) is 17.6 Å². The number of hydrogen-bond donors (Lipinski definition) is 4. The van der Waals surface area contributed by atoms with Gasteiger partial charge >= 0.3 is 12.2 Å². The highest BCUT2D eigenvalue weighted by molar-refractivity contribution is 5.75. The number of carbonyl (C=O) groups excluding carboxylic acids is 2. The van der Waals surface area contributed by atoms with Crippen molar-refractivity contribution >= 4 is 18.0 Å². The number of hydrogen-bond acceptors (Lipinski definition) is 10. The van der Waals surface area contributed by atoms with Crippen LogP contribution >= 0.6 is 0 Å². The van der Waals surface area contributed by atoms with Crippen LogP contribution in [0.2, 0.25) is 0 Å². The number of morpholine rings is 1. The molecule has 210 valence electrons. The summed E-state index contributed by atoms with van der Waals surface area (Å²) in [7, 11) is 0. The van der Waals surface area contributed by atoms with Crippen LogP contribution in [0.3, 0.4) is 0 Å². The number of anilines is 1. The van der Waals surface area contributed by atoms with Crippen LogP contribution in [0.4, 0.5) is 15.4 Å². The highest BCUT2D eigenvalue weighted by Gasteiger charge is 2.36. The number of nitrogens with zero attached hydrogens (tertiary/aromatic N) is 3. The molecule has 12 heteroatoms. The van der Waals surface area contributed by atoms with Crippen molar-refractivity contribution in [2.45, 2.75) is 37.9 Å². The van der Waals surface area contributed by atoms with Gasteiger partial charge in [-0.1, -0.05) is 0 Å². The summed E-state index contributed by atoms with van der Waals surface area (Å²) in [6.45, 7) is 1.05. The van der Waals surface area contributed by atoms with Gasteiger partial charge in [0.15, 0.2) is 5.82 Å². The highest BCUT2D eigenvalue weighted by Crippen LogP contribution is 2.37. The molecule has 1 aromatic heterocycles. The van der Waals surface area contributed by atoms with Gasteiger partial charge in [0.2, 0.25) is 0 Å². The third-order valence-corrected chi connectivity index (χ3v) is 6.95. The molecule has 0 spiro atoms. The van der Waals surface area contributed by atoms with Gasteiger partial charge in [-0.15, -0.1) is 0 Å². The quantitative estimate of drug-likeness (QED) is 0.308. The minimum atomic E-state index is -0.952. The second-order valence-corrected chi connectivity index (χ2v) is 9.70. The van der Waals surface area contributed by atoms with E-state index in [1.54, 1.807) is 42.5 Å². The lowest BCUT2D eigenvalue weighted by Gasteiger charge is -2.34. The maximum absolute atomic E-state index is 11.4. The van der Waals surface area contributed by atoms with Crippen molar-refractivity contribution in [1.82, 2.24) is 9.97 Å². The summed E-state index contributed by atoms with van der Waals surface area (Å²) in [6, 6.07) is 11.8. The summed E-state index contributed by atoms with van der Waals surface area (Å²) in [5, 5.41) is 19.6. The van der Waals surface area contributed by atoms with Crippen molar-refractivity contribution in [1.29, 1.82) is 0 Å². The van der Waals surface area contributed by atoms with Gasteiger partial charge in [-0.05, 0) is 67.3 Å². The topological polar surface area (TPSA) is 183 Å². The van der Waals surface area contributed by atoms with Crippen molar-refractivity contribution in [3.63, 3.8) is 0 Å². The Morgan fingerprint density at radius 2 is 1.55 bits per heavy atom. The fourth-order valence-electron chi connectivity index (χ4n) is 5.27. The van der Waals surface area contributed by atoms with Gasteiger partial charge in [-0.25, -0.2) is 19.6 Å². The smallest absolute Gasteiger partial charge is 0.409 e. The fraction of sp³-hybridized carbons (Fsp3) is 0.357. The van der Waals surface area contributed by atoms with Crippen LogP contribution in [0.25, 0.3) is 22.6 Å². The maximum atomic E-state index is 11.4. The van der Waals surface area contributed by atoms with Crippen molar-refractivity contribution < 1.29 is 34.0 Å². The Labute approximate surface area is 230 Å². The molecule has 0 aliphatic carbocycles. The van der Waals surface area contributed by atoms with E-state index in [1.165, 1.54) is 0 Å². The second-order valence-electron chi connectivity index (χ2n) is 9.70. The first-order chi connectivity index (χ1) is 19.3. The third-order valence-electron chi connectivity index (χ3n) is 6.95. The van der Waals surface area contributed by atoms with E-state index in [0.717, 1.165) is 24.0 Å². The zero-order valence-corrected chi connectivity index (χ0v) is 21.8. The number of nitrogens with two attached hydrogens (primary N) is 2. The number of rotatable bonds is 9. The Morgan fingerprint density at radius 3 is 2.17 bits per heavy atom. The molecule has 3 heterocycles. The molecule has 0 radical (unpaired) electrons. The second kappa shape index (κ2) is 11.9. The molecule has 2 saturated heterocycles. The number of aliphatic hydroxyl groups is 2. The molecule has 2 aromatic carbocycles. The zero-order chi connectivity index (χ0) is 28.2. The van der Waals surface area contributed by atoms with Crippen molar-refractivity contribution in [2.75, 3.05) is 31.2 Å². The number of ether oxygens (including phenoxy) is 3. The zero-order valence-electron chi connectivity index (χ0n) is 21.8. The van der Waals surface area contributed by atoms with E-state index >= 15 is 0 Å².